The number of para-hydroxylation sites is 2. The van der Waals surface area contributed by atoms with Crippen LogP contribution in [0.4, 0.5) is 0 Å². The van der Waals surface area contributed by atoms with Gasteiger partial charge in [0.05, 0.1) is 11.5 Å². The number of fused-ring (bicyclic) bond motifs is 1. The average molecular weight is 416 g/mol. The van der Waals surface area contributed by atoms with Gasteiger partial charge < -0.3 is 14.4 Å². The summed E-state index contributed by atoms with van der Waals surface area (Å²) in [4.78, 5) is 15.0. The Balaban J connectivity index is 1.56. The van der Waals surface area contributed by atoms with Gasteiger partial charge in [0.1, 0.15) is 6.61 Å². The van der Waals surface area contributed by atoms with E-state index in [1.807, 2.05) is 36.4 Å². The number of ether oxygens (including phenoxy) is 2. The van der Waals surface area contributed by atoms with Crippen LogP contribution in [0.2, 0.25) is 0 Å². The van der Waals surface area contributed by atoms with Crippen molar-refractivity contribution in [2.45, 2.75) is 38.5 Å². The number of sulfone groups is 1. The molecule has 0 aromatic heterocycles. The lowest BCUT2D eigenvalue weighted by Gasteiger charge is -2.34. The normalized spacial score (nSPS) is 22.2. The van der Waals surface area contributed by atoms with Crippen LogP contribution in [0, 0.1) is 0 Å². The molecule has 0 bridgehead atoms. The van der Waals surface area contributed by atoms with Gasteiger partial charge >= 0.3 is 0 Å². The van der Waals surface area contributed by atoms with Crippen molar-refractivity contribution in [3.8, 4) is 11.5 Å². The molecule has 1 saturated heterocycles. The van der Waals surface area contributed by atoms with Crippen LogP contribution in [0.15, 0.2) is 48.5 Å². The first-order valence-electron chi connectivity index (χ1n) is 9.92. The standard InChI is InChI=1S/C22H25NO5S/c1-2-16-7-9-17(10-8-16)13-23(18-11-12-29(25,26)15-18)22(24)21-14-27-19-5-3-4-6-20(19)28-21/h3-10,18,21H,2,11-15H2,1H3. The van der Waals surface area contributed by atoms with Gasteiger partial charge in [-0.1, -0.05) is 43.3 Å². The summed E-state index contributed by atoms with van der Waals surface area (Å²) in [5, 5.41) is 0. The van der Waals surface area contributed by atoms with Gasteiger partial charge in [0.15, 0.2) is 21.3 Å². The minimum atomic E-state index is -3.12. The maximum atomic E-state index is 13.4. The molecule has 2 heterocycles. The van der Waals surface area contributed by atoms with Crippen molar-refractivity contribution < 1.29 is 22.7 Å². The fraction of sp³-hybridized carbons (Fsp3) is 0.409. The molecule has 0 aliphatic carbocycles. The van der Waals surface area contributed by atoms with Crippen molar-refractivity contribution >= 4 is 15.7 Å². The summed E-state index contributed by atoms with van der Waals surface area (Å²) in [6, 6.07) is 15.0. The largest absolute Gasteiger partial charge is 0.485 e. The number of aryl methyl sites for hydroxylation is 1. The van der Waals surface area contributed by atoms with Crippen molar-refractivity contribution in [1.82, 2.24) is 4.90 Å². The van der Waals surface area contributed by atoms with E-state index in [0.29, 0.717) is 24.5 Å². The first-order chi connectivity index (χ1) is 13.9. The van der Waals surface area contributed by atoms with E-state index in [-0.39, 0.29) is 30.1 Å². The maximum Gasteiger partial charge on any atom is 0.267 e. The Morgan fingerprint density at radius 3 is 2.41 bits per heavy atom. The molecule has 2 aliphatic rings. The zero-order valence-electron chi connectivity index (χ0n) is 16.4. The molecule has 7 heteroatoms. The molecule has 6 nitrogen and oxygen atoms in total. The smallest absolute Gasteiger partial charge is 0.267 e. The Kier molecular flexibility index (Phi) is 5.50. The second-order valence-corrected chi connectivity index (χ2v) is 9.79. The Morgan fingerprint density at radius 1 is 1.07 bits per heavy atom. The van der Waals surface area contributed by atoms with Gasteiger partial charge in [0, 0.05) is 12.6 Å². The number of hydrogen-bond acceptors (Lipinski definition) is 5. The molecule has 1 amide bonds. The Hall–Kier alpha value is -2.54. The Bertz CT molecular complexity index is 987. The predicted octanol–water partition coefficient (Wildman–Crippen LogP) is 2.60. The second-order valence-electron chi connectivity index (χ2n) is 7.56. The van der Waals surface area contributed by atoms with E-state index in [1.54, 1.807) is 17.0 Å². The first-order valence-corrected chi connectivity index (χ1v) is 11.7. The summed E-state index contributed by atoms with van der Waals surface area (Å²) >= 11 is 0. The lowest BCUT2D eigenvalue weighted by molar-refractivity contribution is -0.143. The monoisotopic (exact) mass is 415 g/mol. The lowest BCUT2D eigenvalue weighted by Crippen LogP contribution is -2.50. The van der Waals surface area contributed by atoms with E-state index in [9.17, 15) is 13.2 Å². The summed E-state index contributed by atoms with van der Waals surface area (Å²) in [6.07, 6.45) is 0.602. The molecule has 0 radical (unpaired) electrons. The zero-order valence-corrected chi connectivity index (χ0v) is 17.2. The molecule has 0 spiro atoms. The molecule has 2 aromatic carbocycles. The van der Waals surface area contributed by atoms with Gasteiger partial charge in [-0.15, -0.1) is 0 Å². The van der Waals surface area contributed by atoms with Crippen LogP contribution < -0.4 is 9.47 Å². The highest BCUT2D eigenvalue weighted by atomic mass is 32.2. The van der Waals surface area contributed by atoms with E-state index in [4.69, 9.17) is 9.47 Å². The summed E-state index contributed by atoms with van der Waals surface area (Å²) in [5.74, 6) is 1.02. The third-order valence-corrected chi connectivity index (χ3v) is 7.25. The number of benzene rings is 2. The van der Waals surface area contributed by atoms with Crippen molar-refractivity contribution in [3.63, 3.8) is 0 Å². The minimum absolute atomic E-state index is 0.00402. The van der Waals surface area contributed by atoms with Crippen LogP contribution in [0.1, 0.15) is 24.5 Å². The number of carbonyl (C=O) groups excluding carboxylic acids is 1. The second kappa shape index (κ2) is 8.06. The summed E-state index contributed by atoms with van der Waals surface area (Å²) in [6.45, 7) is 2.55. The number of amides is 1. The molecule has 29 heavy (non-hydrogen) atoms. The third kappa shape index (κ3) is 4.40. The topological polar surface area (TPSA) is 72.9 Å². The SMILES string of the molecule is CCc1ccc(CN(C(=O)C2COc3ccccc3O2)C2CCS(=O)(=O)C2)cc1. The van der Waals surface area contributed by atoms with E-state index in [1.165, 1.54) is 5.56 Å². The van der Waals surface area contributed by atoms with Gasteiger partial charge in [0.2, 0.25) is 6.10 Å². The van der Waals surface area contributed by atoms with Gasteiger partial charge in [-0.05, 0) is 36.1 Å². The molecule has 2 atom stereocenters. The zero-order chi connectivity index (χ0) is 20.4. The van der Waals surface area contributed by atoms with E-state index in [2.05, 4.69) is 6.92 Å². The highest BCUT2D eigenvalue weighted by molar-refractivity contribution is 7.91. The van der Waals surface area contributed by atoms with Crippen molar-refractivity contribution in [1.29, 1.82) is 0 Å². The van der Waals surface area contributed by atoms with Crippen LogP contribution in [-0.2, 0) is 27.6 Å². The molecule has 2 aliphatic heterocycles. The summed E-state index contributed by atoms with van der Waals surface area (Å²) in [7, 11) is -3.12. The molecular weight excluding hydrogens is 390 g/mol. The van der Waals surface area contributed by atoms with E-state index < -0.39 is 15.9 Å². The molecule has 2 unspecified atom stereocenters. The molecule has 0 N–H and O–H groups in total. The van der Waals surface area contributed by atoms with E-state index >= 15 is 0 Å². The maximum absolute atomic E-state index is 13.4. The molecular formula is C22H25NO5S. The fourth-order valence-electron chi connectivity index (χ4n) is 3.81. The van der Waals surface area contributed by atoms with Crippen LogP contribution in [0.5, 0.6) is 11.5 Å². The number of rotatable bonds is 5. The average Bonchev–Trinajstić information content (AvgIpc) is 3.11. The Morgan fingerprint density at radius 2 is 1.76 bits per heavy atom. The molecule has 2 aromatic rings. The van der Waals surface area contributed by atoms with Gasteiger partial charge in [0.25, 0.3) is 5.91 Å². The van der Waals surface area contributed by atoms with Crippen molar-refractivity contribution in [3.05, 3.63) is 59.7 Å². The molecule has 1 fully saturated rings. The lowest BCUT2D eigenvalue weighted by atomic mass is 10.1. The quantitative estimate of drug-likeness (QED) is 0.751. The predicted molar refractivity (Wildman–Crippen MR) is 110 cm³/mol. The Labute approximate surface area is 171 Å². The fourth-order valence-corrected chi connectivity index (χ4v) is 5.54. The van der Waals surface area contributed by atoms with Gasteiger partial charge in [-0.3, -0.25) is 4.79 Å². The van der Waals surface area contributed by atoms with Gasteiger partial charge in [-0.2, -0.15) is 0 Å². The first kappa shape index (κ1) is 19.8. The number of carbonyl (C=O) groups is 1. The van der Waals surface area contributed by atoms with Crippen molar-refractivity contribution in [2.24, 2.45) is 0 Å². The molecule has 4 rings (SSSR count). The van der Waals surface area contributed by atoms with E-state index in [0.717, 1.165) is 12.0 Å². The summed E-state index contributed by atoms with van der Waals surface area (Å²) < 4.78 is 35.7. The van der Waals surface area contributed by atoms with Crippen molar-refractivity contribution in [2.75, 3.05) is 18.1 Å². The van der Waals surface area contributed by atoms with Crippen LogP contribution in [0.25, 0.3) is 0 Å². The third-order valence-electron chi connectivity index (χ3n) is 5.50. The van der Waals surface area contributed by atoms with Crippen LogP contribution in [0.3, 0.4) is 0 Å². The highest BCUT2D eigenvalue weighted by Crippen LogP contribution is 2.32. The van der Waals surface area contributed by atoms with Gasteiger partial charge in [-0.25, -0.2) is 8.42 Å². The van der Waals surface area contributed by atoms with Crippen LogP contribution in [-0.4, -0.2) is 49.5 Å². The highest BCUT2D eigenvalue weighted by Gasteiger charge is 2.39. The number of nitrogens with zero attached hydrogens (tertiary/aromatic N) is 1. The minimum Gasteiger partial charge on any atom is -0.485 e. The molecule has 154 valence electrons. The van der Waals surface area contributed by atoms with Crippen LogP contribution >= 0.6 is 0 Å². The summed E-state index contributed by atoms with van der Waals surface area (Å²) in [5.41, 5.74) is 2.19. The molecule has 0 saturated carbocycles. The number of hydrogen-bond donors (Lipinski definition) is 0.